The van der Waals surface area contributed by atoms with Crippen LogP contribution in [0.15, 0.2) is 30.6 Å². The Hall–Kier alpha value is -1.60. The maximum atomic E-state index is 13.7. The number of hydrogen-bond donors (Lipinski definition) is 1. The van der Waals surface area contributed by atoms with E-state index in [0.29, 0.717) is 0 Å². The lowest BCUT2D eigenvalue weighted by atomic mass is 9.89. The average molecular weight is 268 g/mol. The molecule has 0 saturated carbocycles. The molecule has 0 aliphatic heterocycles. The summed E-state index contributed by atoms with van der Waals surface area (Å²) in [4.78, 5) is 7.38. The van der Waals surface area contributed by atoms with Crippen molar-refractivity contribution in [3.63, 3.8) is 0 Å². The third kappa shape index (κ3) is 2.62. The first-order chi connectivity index (χ1) is 8.43. The molecule has 1 aliphatic carbocycles. The monoisotopic (exact) mass is 268 g/mol. The number of nitrogens with zero attached hydrogens (tertiary/aromatic N) is 2. The quantitative estimate of drug-likeness (QED) is 0.875. The Morgan fingerprint density at radius 3 is 2.72 bits per heavy atom. The fourth-order valence-electron chi connectivity index (χ4n) is 1.79. The van der Waals surface area contributed by atoms with Crippen molar-refractivity contribution in [1.29, 1.82) is 0 Å². The van der Waals surface area contributed by atoms with E-state index in [9.17, 15) is 12.8 Å². The lowest BCUT2D eigenvalue weighted by Crippen LogP contribution is -2.45. The van der Waals surface area contributed by atoms with E-state index in [1.165, 1.54) is 18.5 Å². The number of nitrogens with one attached hydrogen (secondary N) is 1. The van der Waals surface area contributed by atoms with Crippen LogP contribution in [0.5, 0.6) is 0 Å². The van der Waals surface area contributed by atoms with Gasteiger partial charge in [-0.3, -0.25) is 4.98 Å². The summed E-state index contributed by atoms with van der Waals surface area (Å²) in [5.41, 5.74) is -1.33. The van der Waals surface area contributed by atoms with Crippen molar-refractivity contribution in [1.82, 2.24) is 14.7 Å². The van der Waals surface area contributed by atoms with Crippen LogP contribution in [0.2, 0.25) is 0 Å². The van der Waals surface area contributed by atoms with E-state index in [-0.39, 0.29) is 12.1 Å². The largest absolute Gasteiger partial charge is 0.253 e. The van der Waals surface area contributed by atoms with Gasteiger partial charge in [-0.2, -0.15) is 9.11 Å². The van der Waals surface area contributed by atoms with Gasteiger partial charge in [-0.05, 0) is 6.08 Å². The third-order valence-electron chi connectivity index (χ3n) is 2.42. The predicted molar refractivity (Wildman–Crippen MR) is 63.2 cm³/mol. The summed E-state index contributed by atoms with van der Waals surface area (Å²) < 4.78 is 39.0. The molecule has 2 rings (SSSR count). The van der Waals surface area contributed by atoms with Crippen molar-refractivity contribution in [3.05, 3.63) is 48.3 Å². The first kappa shape index (κ1) is 12.8. The SMILES string of the molecule is CS(=O)(=O)NC1(c2nccnc2F)C=CC=[C]C1. The van der Waals surface area contributed by atoms with Crippen LogP contribution in [0.1, 0.15) is 12.1 Å². The lowest BCUT2D eigenvalue weighted by Gasteiger charge is -2.30. The van der Waals surface area contributed by atoms with E-state index >= 15 is 0 Å². The summed E-state index contributed by atoms with van der Waals surface area (Å²) in [6, 6.07) is 0. The van der Waals surface area contributed by atoms with Gasteiger partial charge in [-0.25, -0.2) is 13.4 Å². The molecule has 0 amide bonds. The van der Waals surface area contributed by atoms with Crippen molar-refractivity contribution in [2.24, 2.45) is 0 Å². The minimum Gasteiger partial charge on any atom is -0.253 e. The van der Waals surface area contributed by atoms with Crippen LogP contribution in [0, 0.1) is 12.0 Å². The molecule has 0 spiro atoms. The average Bonchev–Trinajstić information content (AvgIpc) is 2.28. The first-order valence-corrected chi connectivity index (χ1v) is 7.02. The number of rotatable bonds is 3. The van der Waals surface area contributed by atoms with Gasteiger partial charge in [0.05, 0.1) is 6.26 Å². The van der Waals surface area contributed by atoms with E-state index in [1.807, 2.05) is 0 Å². The van der Waals surface area contributed by atoms with Crippen molar-refractivity contribution in [3.8, 4) is 0 Å². The van der Waals surface area contributed by atoms with E-state index in [4.69, 9.17) is 0 Å². The summed E-state index contributed by atoms with van der Waals surface area (Å²) in [7, 11) is -3.54. The molecule has 95 valence electrons. The van der Waals surface area contributed by atoms with E-state index in [0.717, 1.165) is 6.26 Å². The molecular weight excluding hydrogens is 257 g/mol. The molecule has 1 aromatic heterocycles. The molecule has 0 bridgehead atoms. The Balaban J connectivity index is 2.53. The van der Waals surface area contributed by atoms with Gasteiger partial charge in [0.25, 0.3) is 0 Å². The number of allylic oxidation sites excluding steroid dienone is 2. The van der Waals surface area contributed by atoms with Crippen LogP contribution in [0.4, 0.5) is 4.39 Å². The summed E-state index contributed by atoms with van der Waals surface area (Å²) >= 11 is 0. The molecular formula is C11H11FN3O2S. The highest BCUT2D eigenvalue weighted by Crippen LogP contribution is 2.29. The first-order valence-electron chi connectivity index (χ1n) is 5.13. The Morgan fingerprint density at radius 2 is 2.17 bits per heavy atom. The summed E-state index contributed by atoms with van der Waals surface area (Å²) in [6.45, 7) is 0. The zero-order chi connectivity index (χ0) is 13.2. The van der Waals surface area contributed by atoms with Crippen LogP contribution >= 0.6 is 0 Å². The van der Waals surface area contributed by atoms with Gasteiger partial charge in [-0.15, -0.1) is 0 Å². The van der Waals surface area contributed by atoms with Crippen LogP contribution in [-0.4, -0.2) is 24.6 Å². The molecule has 0 saturated heterocycles. The molecule has 1 radical (unpaired) electrons. The van der Waals surface area contributed by atoms with Crippen molar-refractivity contribution in [2.45, 2.75) is 12.0 Å². The maximum Gasteiger partial charge on any atom is 0.236 e. The zero-order valence-electron chi connectivity index (χ0n) is 9.59. The van der Waals surface area contributed by atoms with Gasteiger partial charge < -0.3 is 0 Å². The summed E-state index contributed by atoms with van der Waals surface area (Å²) in [6.07, 6.45) is 11.3. The van der Waals surface area contributed by atoms with Crippen molar-refractivity contribution >= 4 is 10.0 Å². The van der Waals surface area contributed by atoms with Crippen LogP contribution in [-0.2, 0) is 15.6 Å². The number of aromatic nitrogens is 2. The van der Waals surface area contributed by atoms with E-state index in [2.05, 4.69) is 20.8 Å². The second-order valence-electron chi connectivity index (χ2n) is 3.95. The van der Waals surface area contributed by atoms with Crippen molar-refractivity contribution < 1.29 is 12.8 Å². The van der Waals surface area contributed by atoms with Crippen LogP contribution in [0.25, 0.3) is 0 Å². The second kappa shape index (κ2) is 4.58. The highest BCUT2D eigenvalue weighted by molar-refractivity contribution is 7.88. The predicted octanol–water partition coefficient (Wildman–Crippen LogP) is 0.679. The van der Waals surface area contributed by atoms with Gasteiger partial charge in [0.1, 0.15) is 11.2 Å². The van der Waals surface area contributed by atoms with Crippen LogP contribution in [0.3, 0.4) is 0 Å². The van der Waals surface area contributed by atoms with Gasteiger partial charge in [0.15, 0.2) is 0 Å². The normalized spacial score (nSPS) is 23.2. The molecule has 7 heteroatoms. The Morgan fingerprint density at radius 1 is 1.44 bits per heavy atom. The highest BCUT2D eigenvalue weighted by atomic mass is 32.2. The molecule has 1 aliphatic rings. The molecule has 1 aromatic rings. The molecule has 1 atom stereocenters. The van der Waals surface area contributed by atoms with Crippen molar-refractivity contribution in [2.75, 3.05) is 6.26 Å². The Kier molecular flexibility index (Phi) is 3.27. The maximum absolute atomic E-state index is 13.7. The molecule has 18 heavy (non-hydrogen) atoms. The van der Waals surface area contributed by atoms with Gasteiger partial charge in [0, 0.05) is 18.8 Å². The lowest BCUT2D eigenvalue weighted by molar-refractivity contribution is 0.428. The molecule has 1 unspecified atom stereocenters. The topological polar surface area (TPSA) is 72.0 Å². The van der Waals surface area contributed by atoms with E-state index in [1.54, 1.807) is 12.2 Å². The summed E-state index contributed by atoms with van der Waals surface area (Å²) in [5.74, 6) is -0.804. The number of halogens is 1. The molecule has 0 fully saturated rings. The standard InChI is InChI=1S/C11H11FN3O2S/c1-18(16,17)15-11(5-3-2-4-6-11)9-10(12)14-8-7-13-9/h2-3,5,7-8,15H,6H2,1H3. The van der Waals surface area contributed by atoms with Gasteiger partial charge in [-0.1, -0.05) is 18.2 Å². The zero-order valence-corrected chi connectivity index (χ0v) is 10.4. The number of hydrogen-bond acceptors (Lipinski definition) is 4. The van der Waals surface area contributed by atoms with Crippen LogP contribution < -0.4 is 4.72 Å². The van der Waals surface area contributed by atoms with E-state index < -0.39 is 21.5 Å². The second-order valence-corrected chi connectivity index (χ2v) is 5.70. The minimum absolute atomic E-state index is 0.0627. The molecule has 5 nitrogen and oxygen atoms in total. The summed E-state index contributed by atoms with van der Waals surface area (Å²) in [5, 5.41) is 0. The molecule has 1 N–H and O–H groups in total. The number of sulfonamides is 1. The smallest absolute Gasteiger partial charge is 0.236 e. The highest BCUT2D eigenvalue weighted by Gasteiger charge is 2.37. The fourth-order valence-corrected chi connectivity index (χ4v) is 2.69. The molecule has 1 heterocycles. The fraction of sp³-hybridized carbons (Fsp3) is 0.273. The molecule has 0 aromatic carbocycles. The minimum atomic E-state index is -3.54. The van der Waals surface area contributed by atoms with Gasteiger partial charge in [0.2, 0.25) is 16.0 Å². The third-order valence-corrected chi connectivity index (χ3v) is 3.15. The van der Waals surface area contributed by atoms with Gasteiger partial charge >= 0.3 is 0 Å². The Bertz CT molecular complexity index is 612. The Labute approximate surface area is 105 Å².